The summed E-state index contributed by atoms with van der Waals surface area (Å²) in [5, 5.41) is 17.2. The van der Waals surface area contributed by atoms with Crippen LogP contribution in [0.5, 0.6) is 0 Å². The van der Waals surface area contributed by atoms with E-state index in [4.69, 9.17) is 15.6 Å². The summed E-state index contributed by atoms with van der Waals surface area (Å²) in [7, 11) is 1.89. The number of primary amides is 1. The number of hydrogen-bond acceptors (Lipinski definition) is 6. The van der Waals surface area contributed by atoms with Crippen molar-refractivity contribution in [1.29, 1.82) is 0 Å². The number of thiophene rings is 1. The molecule has 2 amide bonds. The number of hydrogen-bond donors (Lipinski definition) is 4. The number of carboxylic acid groups (broad SMARTS) is 1. The Hall–Kier alpha value is -2.93. The summed E-state index contributed by atoms with van der Waals surface area (Å²) in [5.74, 6) is -2.31. The van der Waals surface area contributed by atoms with Gasteiger partial charge < -0.3 is 21.5 Å². The van der Waals surface area contributed by atoms with Gasteiger partial charge in [-0.25, -0.2) is 9.59 Å². The highest BCUT2D eigenvalue weighted by molar-refractivity contribution is 7.14. The number of nitrogens with two attached hydrogens (primary N) is 1. The molecule has 1 atom stereocenters. The number of carbonyl (C=O) groups is 3. The van der Waals surface area contributed by atoms with Crippen molar-refractivity contribution in [3.05, 3.63) is 33.8 Å². The van der Waals surface area contributed by atoms with Gasteiger partial charge in [0.2, 0.25) is 0 Å². The van der Waals surface area contributed by atoms with E-state index in [2.05, 4.69) is 15.7 Å². The normalized spacial score (nSPS) is 15.7. The van der Waals surface area contributed by atoms with E-state index in [1.165, 1.54) is 11.3 Å². The molecule has 3 rings (SSSR count). The average Bonchev–Trinajstić information content (AvgIpc) is 3.41. The fraction of sp³-hybridized carbons (Fsp3) is 0.474. The first kappa shape index (κ1) is 25.3. The van der Waals surface area contributed by atoms with Gasteiger partial charge in [-0.2, -0.15) is 18.3 Å². The van der Waals surface area contributed by atoms with E-state index in [9.17, 15) is 22.8 Å². The molecule has 2 aromatic heterocycles. The Kier molecular flexibility index (Phi) is 8.78. The molecule has 2 aromatic rings. The summed E-state index contributed by atoms with van der Waals surface area (Å²) in [4.78, 5) is 34.5. The van der Waals surface area contributed by atoms with Crippen LogP contribution in [0.3, 0.4) is 0 Å². The molecule has 0 bridgehead atoms. The highest BCUT2D eigenvalue weighted by atomic mass is 32.1. The van der Waals surface area contributed by atoms with Crippen LogP contribution in [0.15, 0.2) is 18.5 Å². The zero-order chi connectivity index (χ0) is 23.9. The number of aliphatic carboxylic acids is 1. The molecule has 3 heterocycles. The molecule has 32 heavy (non-hydrogen) atoms. The molecule has 0 radical (unpaired) electrons. The number of ketones is 1. The number of amides is 2. The van der Waals surface area contributed by atoms with Gasteiger partial charge in [0.25, 0.3) is 0 Å². The molecule has 0 saturated carbocycles. The maximum absolute atomic E-state index is 12.7. The van der Waals surface area contributed by atoms with E-state index < -0.39 is 18.2 Å². The third kappa shape index (κ3) is 7.96. The molecule has 13 heteroatoms. The van der Waals surface area contributed by atoms with Gasteiger partial charge in [-0.1, -0.05) is 0 Å². The number of Topliss-reactive ketones (excluding diaryl/α,β-unsaturated/α-hetero) is 1. The summed E-state index contributed by atoms with van der Waals surface area (Å²) in [6.07, 6.45) is 1.89. The van der Waals surface area contributed by atoms with Crippen LogP contribution >= 0.6 is 11.3 Å². The van der Waals surface area contributed by atoms with Crippen LogP contribution < -0.4 is 16.4 Å². The smallest absolute Gasteiger partial charge is 0.475 e. The Morgan fingerprint density at radius 2 is 2.06 bits per heavy atom. The van der Waals surface area contributed by atoms with E-state index in [0.29, 0.717) is 22.9 Å². The predicted molar refractivity (Wildman–Crippen MR) is 112 cm³/mol. The highest BCUT2D eigenvalue weighted by Crippen LogP contribution is 2.31. The molecule has 1 fully saturated rings. The number of carboxylic acids is 1. The second-order valence-electron chi connectivity index (χ2n) is 7.26. The fourth-order valence-electron chi connectivity index (χ4n) is 3.11. The van der Waals surface area contributed by atoms with Gasteiger partial charge in [0.05, 0.1) is 16.8 Å². The zero-order valence-corrected chi connectivity index (χ0v) is 18.1. The van der Waals surface area contributed by atoms with Crippen LogP contribution in [0, 0.1) is 5.92 Å². The molecule has 0 aliphatic carbocycles. The van der Waals surface area contributed by atoms with Crippen molar-refractivity contribution in [2.45, 2.75) is 31.9 Å². The summed E-state index contributed by atoms with van der Waals surface area (Å²) in [6, 6.07) is 1.22. The van der Waals surface area contributed by atoms with Crippen molar-refractivity contribution < 1.29 is 32.7 Å². The number of urea groups is 1. The van der Waals surface area contributed by atoms with Crippen LogP contribution in [-0.4, -0.2) is 51.9 Å². The lowest BCUT2D eigenvalue weighted by Gasteiger charge is -2.07. The number of carbonyl (C=O) groups excluding carboxylic acids is 2. The quantitative estimate of drug-likeness (QED) is 0.454. The number of aryl methyl sites for hydroxylation is 3. The first-order valence-electron chi connectivity index (χ1n) is 9.66. The molecule has 1 aliphatic heterocycles. The molecule has 0 aromatic carbocycles. The standard InChI is InChI=1S/C17H23N5O2S.C2HF3O2/c1-22-10-12(9-20-22)2-3-13-7-14(21-17(18)24)16(25-13)15(23)6-11-4-5-19-8-11;3-2(4,5)1(6)7/h7,9-11,19H,2-6,8H2,1H3,(H3,18,21,24);(H,6,7). The lowest BCUT2D eigenvalue weighted by Crippen LogP contribution is -2.21. The number of aromatic nitrogens is 2. The molecule has 9 nitrogen and oxygen atoms in total. The lowest BCUT2D eigenvalue weighted by molar-refractivity contribution is -0.192. The van der Waals surface area contributed by atoms with Crippen molar-refractivity contribution in [3.63, 3.8) is 0 Å². The minimum Gasteiger partial charge on any atom is -0.475 e. The second kappa shape index (κ2) is 11.1. The van der Waals surface area contributed by atoms with Gasteiger partial charge in [0.1, 0.15) is 0 Å². The van der Waals surface area contributed by atoms with E-state index in [1.54, 1.807) is 4.68 Å². The van der Waals surface area contributed by atoms with Gasteiger partial charge in [-0.3, -0.25) is 9.48 Å². The SMILES string of the molecule is Cn1cc(CCc2cc(NC(N)=O)c(C(=O)CC3CCNC3)s2)cn1.O=C(O)C(F)(F)F. The number of halogens is 3. The lowest BCUT2D eigenvalue weighted by atomic mass is 10.0. The van der Waals surface area contributed by atoms with Crippen molar-refractivity contribution in [2.24, 2.45) is 18.7 Å². The Bertz CT molecular complexity index is 951. The van der Waals surface area contributed by atoms with Crippen LogP contribution in [0.4, 0.5) is 23.7 Å². The number of alkyl halides is 3. The first-order chi connectivity index (χ1) is 15.0. The number of anilines is 1. The molecule has 5 N–H and O–H groups in total. The first-order valence-corrected chi connectivity index (χ1v) is 10.5. The highest BCUT2D eigenvalue weighted by Gasteiger charge is 2.38. The average molecular weight is 475 g/mol. The second-order valence-corrected chi connectivity index (χ2v) is 8.39. The van der Waals surface area contributed by atoms with Gasteiger partial charge in [-0.15, -0.1) is 11.3 Å². The van der Waals surface area contributed by atoms with E-state index in [-0.39, 0.29) is 5.78 Å². The van der Waals surface area contributed by atoms with Gasteiger partial charge >= 0.3 is 18.2 Å². The van der Waals surface area contributed by atoms with Crippen molar-refractivity contribution in [3.8, 4) is 0 Å². The number of nitrogens with one attached hydrogen (secondary N) is 2. The summed E-state index contributed by atoms with van der Waals surface area (Å²) < 4.78 is 33.5. The Morgan fingerprint density at radius 3 is 2.56 bits per heavy atom. The third-order valence-corrected chi connectivity index (χ3v) is 5.83. The van der Waals surface area contributed by atoms with E-state index >= 15 is 0 Å². The minimum atomic E-state index is -5.08. The van der Waals surface area contributed by atoms with Gasteiger partial charge in [0.15, 0.2) is 5.78 Å². The Labute approximate surface area is 185 Å². The molecule has 1 saturated heterocycles. The maximum Gasteiger partial charge on any atom is 0.490 e. The molecule has 176 valence electrons. The van der Waals surface area contributed by atoms with Gasteiger partial charge in [0, 0.05) is 24.5 Å². The Morgan fingerprint density at radius 1 is 1.38 bits per heavy atom. The molecule has 1 unspecified atom stereocenters. The number of rotatable bonds is 7. The van der Waals surface area contributed by atoms with Crippen LogP contribution in [0.2, 0.25) is 0 Å². The van der Waals surface area contributed by atoms with Crippen molar-refractivity contribution >= 4 is 34.8 Å². The number of nitrogens with zero attached hydrogens (tertiary/aromatic N) is 2. The van der Waals surface area contributed by atoms with E-state index in [1.807, 2.05) is 25.5 Å². The minimum absolute atomic E-state index is 0.0788. The zero-order valence-electron chi connectivity index (χ0n) is 17.2. The van der Waals surface area contributed by atoms with Crippen LogP contribution in [0.25, 0.3) is 0 Å². The third-order valence-electron chi connectivity index (χ3n) is 4.59. The molecule has 1 aliphatic rings. The predicted octanol–water partition coefficient (Wildman–Crippen LogP) is 2.57. The molecular weight excluding hydrogens is 451 g/mol. The van der Waals surface area contributed by atoms with Crippen molar-refractivity contribution in [2.75, 3.05) is 18.4 Å². The van der Waals surface area contributed by atoms with Crippen LogP contribution in [-0.2, 0) is 24.7 Å². The summed E-state index contributed by atoms with van der Waals surface area (Å²) in [6.45, 7) is 1.84. The maximum atomic E-state index is 12.7. The largest absolute Gasteiger partial charge is 0.490 e. The summed E-state index contributed by atoms with van der Waals surface area (Å²) in [5.41, 5.74) is 6.94. The van der Waals surface area contributed by atoms with E-state index in [0.717, 1.165) is 42.8 Å². The molecular formula is C19H24F3N5O4S. The Balaban J connectivity index is 0.000000451. The topological polar surface area (TPSA) is 139 Å². The van der Waals surface area contributed by atoms with Gasteiger partial charge in [-0.05, 0) is 49.9 Å². The van der Waals surface area contributed by atoms with Crippen molar-refractivity contribution in [1.82, 2.24) is 15.1 Å². The van der Waals surface area contributed by atoms with Crippen LogP contribution in [0.1, 0.15) is 33.0 Å². The fourth-order valence-corrected chi connectivity index (χ4v) is 4.17. The molecule has 0 spiro atoms. The summed E-state index contributed by atoms with van der Waals surface area (Å²) >= 11 is 1.45. The monoisotopic (exact) mass is 475 g/mol.